The molecule has 0 amide bonds. The molecule has 0 aliphatic heterocycles. The van der Waals surface area contributed by atoms with E-state index in [2.05, 4.69) is 68.4 Å². The van der Waals surface area contributed by atoms with Crippen molar-refractivity contribution in [1.82, 2.24) is 0 Å². The smallest absolute Gasteiger partial charge is 0.0583 e. The number of rotatable bonds is 8. The van der Waals surface area contributed by atoms with E-state index in [0.717, 1.165) is 25.7 Å². The third-order valence-corrected chi connectivity index (χ3v) is 7.60. The van der Waals surface area contributed by atoms with Crippen LogP contribution in [0.1, 0.15) is 75.0 Å². The summed E-state index contributed by atoms with van der Waals surface area (Å²) in [6.07, 6.45) is 8.90. The number of aliphatic hydroxyl groups excluding tert-OH is 1. The first-order valence-corrected chi connectivity index (χ1v) is 11.8. The van der Waals surface area contributed by atoms with Crippen molar-refractivity contribution in [2.75, 3.05) is 0 Å². The van der Waals surface area contributed by atoms with E-state index < -0.39 is 0 Å². The van der Waals surface area contributed by atoms with Crippen molar-refractivity contribution in [2.24, 2.45) is 11.3 Å². The topological polar surface area (TPSA) is 20.2 Å². The van der Waals surface area contributed by atoms with Gasteiger partial charge in [-0.2, -0.15) is 0 Å². The van der Waals surface area contributed by atoms with Crippen LogP contribution in [0.25, 0.3) is 11.1 Å². The van der Waals surface area contributed by atoms with Gasteiger partial charge in [-0.25, -0.2) is 0 Å². The van der Waals surface area contributed by atoms with Gasteiger partial charge in [0.2, 0.25) is 0 Å². The second-order valence-electron chi connectivity index (χ2n) is 9.34. The number of aliphatic hydroxyl groups is 1. The number of allylic oxidation sites excluding steroid dienone is 3. The largest absolute Gasteiger partial charge is 0.393 e. The zero-order chi connectivity index (χ0) is 21.1. The van der Waals surface area contributed by atoms with E-state index in [4.69, 9.17) is 6.58 Å². The van der Waals surface area contributed by atoms with E-state index in [-0.39, 0.29) is 17.4 Å². The molecule has 0 radical (unpaired) electrons. The van der Waals surface area contributed by atoms with Crippen LogP contribution in [0.15, 0.2) is 66.7 Å². The quantitative estimate of drug-likeness (QED) is 0.452. The number of hydrogen-bond donors (Lipinski definition) is 1. The highest BCUT2D eigenvalue weighted by atomic mass is 16.3. The van der Waals surface area contributed by atoms with Gasteiger partial charge in [-0.15, -0.1) is 0 Å². The fraction of sp³-hybridized carbons (Fsp3) is 0.448. The van der Waals surface area contributed by atoms with E-state index in [1.807, 2.05) is 0 Å². The molecule has 2 aromatic rings. The first-order valence-electron chi connectivity index (χ1n) is 11.8. The Morgan fingerprint density at radius 1 is 1.03 bits per heavy atom. The van der Waals surface area contributed by atoms with Crippen molar-refractivity contribution in [2.45, 2.75) is 71.3 Å². The minimum atomic E-state index is -0.238. The molecule has 2 aliphatic rings. The van der Waals surface area contributed by atoms with Crippen molar-refractivity contribution < 1.29 is 5.11 Å². The standard InChI is InChI=1S/C29H36O/c1-4-5-6-8-16-24-20-26-27(30)18-19-29(26,28(24)23-14-9-7-10-15-23)22(3)25-17-12-11-13-21(25)2/h7,9-15,17,26-27,30H,3-6,8,16,18-20H2,1-2H3/t26-,27+,29-/m0/s1. The molecule has 1 heteroatoms. The van der Waals surface area contributed by atoms with Crippen LogP contribution in [0.3, 0.4) is 0 Å². The fourth-order valence-electron chi connectivity index (χ4n) is 6.13. The summed E-state index contributed by atoms with van der Waals surface area (Å²) in [4.78, 5) is 0. The number of hydrogen-bond acceptors (Lipinski definition) is 1. The highest BCUT2D eigenvalue weighted by molar-refractivity contribution is 5.90. The van der Waals surface area contributed by atoms with Crippen LogP contribution in [0.5, 0.6) is 0 Å². The molecule has 3 atom stereocenters. The lowest BCUT2D eigenvalue weighted by Crippen LogP contribution is -2.29. The molecule has 1 nitrogen and oxygen atoms in total. The van der Waals surface area contributed by atoms with Crippen molar-refractivity contribution in [3.05, 3.63) is 83.4 Å². The molecule has 2 aliphatic carbocycles. The Morgan fingerprint density at radius 3 is 2.50 bits per heavy atom. The molecule has 30 heavy (non-hydrogen) atoms. The average Bonchev–Trinajstić information content (AvgIpc) is 3.27. The van der Waals surface area contributed by atoms with E-state index in [1.54, 1.807) is 5.57 Å². The summed E-state index contributed by atoms with van der Waals surface area (Å²) in [6.45, 7) is 9.16. The van der Waals surface area contributed by atoms with Crippen molar-refractivity contribution >= 4 is 11.1 Å². The Bertz CT molecular complexity index is 922. The lowest BCUT2D eigenvalue weighted by atomic mass is 9.66. The second kappa shape index (κ2) is 8.94. The second-order valence-corrected chi connectivity index (χ2v) is 9.34. The average molecular weight is 401 g/mol. The highest BCUT2D eigenvalue weighted by Crippen LogP contribution is 2.66. The van der Waals surface area contributed by atoms with Crippen LogP contribution < -0.4 is 0 Å². The van der Waals surface area contributed by atoms with Crippen molar-refractivity contribution in [3.63, 3.8) is 0 Å². The number of unbranched alkanes of at least 4 members (excludes halogenated alkanes) is 3. The van der Waals surface area contributed by atoms with Gasteiger partial charge >= 0.3 is 0 Å². The van der Waals surface area contributed by atoms with Gasteiger partial charge in [0.1, 0.15) is 0 Å². The van der Waals surface area contributed by atoms with Gasteiger partial charge in [0.05, 0.1) is 6.10 Å². The molecule has 0 spiro atoms. The van der Waals surface area contributed by atoms with Gasteiger partial charge in [-0.05, 0) is 66.9 Å². The first-order chi connectivity index (χ1) is 14.6. The normalized spacial score (nSPS) is 25.6. The van der Waals surface area contributed by atoms with Crippen LogP contribution in [0.4, 0.5) is 0 Å². The Balaban J connectivity index is 1.82. The molecule has 0 saturated heterocycles. The van der Waals surface area contributed by atoms with Gasteiger partial charge < -0.3 is 5.11 Å². The summed E-state index contributed by atoms with van der Waals surface area (Å²) in [7, 11) is 0. The molecular formula is C29H36O. The maximum atomic E-state index is 11.1. The van der Waals surface area contributed by atoms with Gasteiger partial charge in [-0.3, -0.25) is 0 Å². The lowest BCUT2D eigenvalue weighted by molar-refractivity contribution is 0.120. The highest BCUT2D eigenvalue weighted by Gasteiger charge is 2.56. The molecule has 1 fully saturated rings. The van der Waals surface area contributed by atoms with Crippen LogP contribution in [0, 0.1) is 18.3 Å². The van der Waals surface area contributed by atoms with Gasteiger partial charge in [-0.1, -0.05) is 92.9 Å². The zero-order valence-electron chi connectivity index (χ0n) is 18.7. The molecule has 0 heterocycles. The molecule has 0 unspecified atom stereocenters. The first kappa shape index (κ1) is 21.1. The molecular weight excluding hydrogens is 364 g/mol. The van der Waals surface area contributed by atoms with Crippen LogP contribution >= 0.6 is 0 Å². The molecule has 1 saturated carbocycles. The van der Waals surface area contributed by atoms with Gasteiger partial charge in [0, 0.05) is 11.3 Å². The van der Waals surface area contributed by atoms with Crippen LogP contribution in [0.2, 0.25) is 0 Å². The molecule has 1 N–H and O–H groups in total. The third kappa shape index (κ3) is 3.58. The molecule has 0 aromatic heterocycles. The number of fused-ring (bicyclic) bond motifs is 1. The monoisotopic (exact) mass is 400 g/mol. The summed E-state index contributed by atoms with van der Waals surface area (Å²) in [5.41, 5.74) is 7.98. The summed E-state index contributed by atoms with van der Waals surface area (Å²) in [5.74, 6) is 0.251. The predicted molar refractivity (Wildman–Crippen MR) is 128 cm³/mol. The van der Waals surface area contributed by atoms with Crippen LogP contribution in [-0.4, -0.2) is 11.2 Å². The summed E-state index contributed by atoms with van der Waals surface area (Å²) in [5, 5.41) is 11.1. The maximum absolute atomic E-state index is 11.1. The summed E-state index contributed by atoms with van der Waals surface area (Å²) in [6, 6.07) is 19.6. The van der Waals surface area contributed by atoms with Crippen molar-refractivity contribution in [1.29, 1.82) is 0 Å². The van der Waals surface area contributed by atoms with Gasteiger partial charge in [0.25, 0.3) is 0 Å². The van der Waals surface area contributed by atoms with E-state index >= 15 is 0 Å². The Kier molecular flexibility index (Phi) is 6.29. The molecule has 0 bridgehead atoms. The molecule has 2 aromatic carbocycles. The van der Waals surface area contributed by atoms with Crippen molar-refractivity contribution in [3.8, 4) is 0 Å². The number of aryl methyl sites for hydroxylation is 1. The SMILES string of the molecule is C=C(c1ccccc1C)[C@@]12CC[C@@H](O)[C@@H]1CC(CCCCCC)=C2c1ccccc1. The Morgan fingerprint density at radius 2 is 1.77 bits per heavy atom. The number of benzene rings is 2. The fourth-order valence-corrected chi connectivity index (χ4v) is 6.13. The predicted octanol–water partition coefficient (Wildman–Crippen LogP) is 7.59. The minimum absolute atomic E-state index is 0.146. The van der Waals surface area contributed by atoms with Gasteiger partial charge in [0.15, 0.2) is 0 Å². The van der Waals surface area contributed by atoms with E-state index in [9.17, 15) is 5.11 Å². The maximum Gasteiger partial charge on any atom is 0.0583 e. The summed E-state index contributed by atoms with van der Waals surface area (Å²) >= 11 is 0. The zero-order valence-corrected chi connectivity index (χ0v) is 18.7. The van der Waals surface area contributed by atoms with Crippen LogP contribution in [-0.2, 0) is 0 Å². The lowest BCUT2D eigenvalue weighted by Gasteiger charge is -2.37. The molecule has 4 rings (SSSR count). The minimum Gasteiger partial charge on any atom is -0.393 e. The third-order valence-electron chi connectivity index (χ3n) is 7.60. The van der Waals surface area contributed by atoms with E-state index in [1.165, 1.54) is 53.5 Å². The summed E-state index contributed by atoms with van der Waals surface area (Å²) < 4.78 is 0. The molecule has 158 valence electrons. The Labute approximate surface area is 182 Å². The van der Waals surface area contributed by atoms with E-state index in [0.29, 0.717) is 0 Å². The Hall–Kier alpha value is -2.12.